The van der Waals surface area contributed by atoms with Crippen molar-refractivity contribution in [3.05, 3.63) is 34.9 Å². The van der Waals surface area contributed by atoms with E-state index in [0.29, 0.717) is 18.4 Å². The summed E-state index contributed by atoms with van der Waals surface area (Å²) in [5.41, 5.74) is 2.19. The maximum Gasteiger partial charge on any atom is 0.335 e. The van der Waals surface area contributed by atoms with E-state index in [1.807, 2.05) is 19.9 Å². The predicted molar refractivity (Wildman–Crippen MR) is 61.7 cm³/mol. The second-order valence-electron chi connectivity index (χ2n) is 3.97. The number of aryl methyl sites for hydroxylation is 1. The minimum absolute atomic E-state index is 0.0274. The Morgan fingerprint density at radius 2 is 2.19 bits per heavy atom. The lowest BCUT2D eigenvalue weighted by Crippen LogP contribution is -2.05. The van der Waals surface area contributed by atoms with Gasteiger partial charge in [-0.1, -0.05) is 26.0 Å². The van der Waals surface area contributed by atoms with Crippen LogP contribution in [0.4, 0.5) is 0 Å². The maximum atomic E-state index is 10.9. The van der Waals surface area contributed by atoms with Gasteiger partial charge in [0.15, 0.2) is 0 Å². The van der Waals surface area contributed by atoms with Gasteiger partial charge in [0.2, 0.25) is 0 Å². The van der Waals surface area contributed by atoms with Crippen LogP contribution in [0.1, 0.15) is 35.3 Å². The molecule has 0 saturated heterocycles. The van der Waals surface area contributed by atoms with Crippen molar-refractivity contribution in [3.63, 3.8) is 0 Å². The Bertz CT molecular complexity index is 396. The predicted octanol–water partition coefficient (Wildman–Crippen LogP) is 2.32. The fourth-order valence-electron chi connectivity index (χ4n) is 1.70. The third kappa shape index (κ3) is 2.92. The lowest BCUT2D eigenvalue weighted by molar-refractivity contribution is -0.110. The normalized spacial score (nSPS) is 12.1. The van der Waals surface area contributed by atoms with Crippen molar-refractivity contribution in [2.75, 3.05) is 0 Å². The summed E-state index contributed by atoms with van der Waals surface area (Å²) in [6, 6.07) is 5.28. The molecule has 3 nitrogen and oxygen atoms in total. The van der Waals surface area contributed by atoms with E-state index in [4.69, 9.17) is 5.11 Å². The van der Waals surface area contributed by atoms with Crippen LogP contribution in [0.5, 0.6) is 0 Å². The molecule has 0 aliphatic heterocycles. The van der Waals surface area contributed by atoms with Crippen molar-refractivity contribution in [3.8, 4) is 0 Å². The van der Waals surface area contributed by atoms with E-state index in [1.165, 1.54) is 0 Å². The molecule has 0 aromatic heterocycles. The average molecular weight is 220 g/mol. The van der Waals surface area contributed by atoms with Crippen molar-refractivity contribution < 1.29 is 14.7 Å². The third-order valence-electron chi connectivity index (χ3n) is 2.57. The molecule has 1 N–H and O–H groups in total. The fraction of sp³-hybridized carbons (Fsp3) is 0.385. The van der Waals surface area contributed by atoms with Gasteiger partial charge in [-0.05, 0) is 30.0 Å². The fourth-order valence-corrected chi connectivity index (χ4v) is 1.70. The lowest BCUT2D eigenvalue weighted by Gasteiger charge is -2.08. The van der Waals surface area contributed by atoms with Crippen LogP contribution >= 0.6 is 0 Å². The van der Waals surface area contributed by atoms with Gasteiger partial charge in [-0.15, -0.1) is 0 Å². The maximum absolute atomic E-state index is 10.9. The summed E-state index contributed by atoms with van der Waals surface area (Å²) in [6.07, 6.45) is 2.26. The number of rotatable bonds is 5. The lowest BCUT2D eigenvalue weighted by atomic mass is 9.96. The molecule has 0 bridgehead atoms. The van der Waals surface area contributed by atoms with Gasteiger partial charge in [-0.25, -0.2) is 4.79 Å². The smallest absolute Gasteiger partial charge is 0.335 e. The molecule has 0 heterocycles. The Balaban J connectivity index is 2.99. The molecule has 3 heteroatoms. The van der Waals surface area contributed by atoms with E-state index >= 15 is 0 Å². The highest BCUT2D eigenvalue weighted by Crippen LogP contribution is 2.15. The van der Waals surface area contributed by atoms with Crippen molar-refractivity contribution in [1.29, 1.82) is 0 Å². The molecule has 1 unspecified atom stereocenters. The van der Waals surface area contributed by atoms with E-state index < -0.39 is 5.97 Å². The molecule has 1 atom stereocenters. The third-order valence-corrected chi connectivity index (χ3v) is 2.57. The SMILES string of the molecule is CCc1cc(CC(C)C=O)ccc1C(=O)O. The quantitative estimate of drug-likeness (QED) is 0.775. The van der Waals surface area contributed by atoms with Gasteiger partial charge in [0, 0.05) is 5.92 Å². The van der Waals surface area contributed by atoms with Crippen LogP contribution < -0.4 is 0 Å². The van der Waals surface area contributed by atoms with Gasteiger partial charge in [-0.3, -0.25) is 0 Å². The molecule has 0 fully saturated rings. The van der Waals surface area contributed by atoms with Crippen molar-refractivity contribution in [1.82, 2.24) is 0 Å². The summed E-state index contributed by atoms with van der Waals surface area (Å²) in [5.74, 6) is -0.924. The molecule has 0 spiro atoms. The van der Waals surface area contributed by atoms with E-state index in [9.17, 15) is 9.59 Å². The summed E-state index contributed by atoms with van der Waals surface area (Å²) in [5, 5.41) is 8.96. The zero-order valence-corrected chi connectivity index (χ0v) is 9.56. The van der Waals surface area contributed by atoms with Crippen LogP contribution in [0, 0.1) is 5.92 Å². The van der Waals surface area contributed by atoms with Crippen molar-refractivity contribution >= 4 is 12.3 Å². The molecule has 86 valence electrons. The van der Waals surface area contributed by atoms with Gasteiger partial charge >= 0.3 is 5.97 Å². The minimum Gasteiger partial charge on any atom is -0.478 e. The first-order chi connectivity index (χ1) is 7.58. The number of aromatic carboxylic acids is 1. The number of aldehydes is 1. The molecule has 0 aliphatic rings. The molecular weight excluding hydrogens is 204 g/mol. The summed E-state index contributed by atoms with van der Waals surface area (Å²) >= 11 is 0. The number of carboxylic acid groups (broad SMARTS) is 1. The molecule has 0 amide bonds. The number of hydrogen-bond donors (Lipinski definition) is 1. The average Bonchev–Trinajstić information content (AvgIpc) is 2.28. The number of hydrogen-bond acceptors (Lipinski definition) is 2. The second-order valence-corrected chi connectivity index (χ2v) is 3.97. The Labute approximate surface area is 95.1 Å². The highest BCUT2D eigenvalue weighted by molar-refractivity contribution is 5.89. The zero-order valence-electron chi connectivity index (χ0n) is 9.56. The van der Waals surface area contributed by atoms with Crippen LogP contribution in [0.3, 0.4) is 0 Å². The summed E-state index contributed by atoms with van der Waals surface area (Å²) in [7, 11) is 0. The number of carbonyl (C=O) groups is 2. The van der Waals surface area contributed by atoms with E-state index in [1.54, 1.807) is 12.1 Å². The first-order valence-electron chi connectivity index (χ1n) is 5.38. The molecule has 1 rings (SSSR count). The molecule has 0 aliphatic carbocycles. The molecule has 1 aromatic carbocycles. The van der Waals surface area contributed by atoms with Crippen molar-refractivity contribution in [2.24, 2.45) is 5.92 Å². The van der Waals surface area contributed by atoms with Gasteiger partial charge in [0.05, 0.1) is 5.56 Å². The molecule has 16 heavy (non-hydrogen) atoms. The zero-order chi connectivity index (χ0) is 12.1. The van der Waals surface area contributed by atoms with Gasteiger partial charge in [0.1, 0.15) is 6.29 Å². The number of carboxylic acids is 1. The molecule has 0 radical (unpaired) electrons. The Morgan fingerprint density at radius 3 is 2.69 bits per heavy atom. The van der Waals surface area contributed by atoms with Crippen LogP contribution in [0.15, 0.2) is 18.2 Å². The first-order valence-corrected chi connectivity index (χ1v) is 5.38. The second kappa shape index (κ2) is 5.45. The van der Waals surface area contributed by atoms with Crippen LogP contribution in [-0.2, 0) is 17.6 Å². The van der Waals surface area contributed by atoms with Crippen LogP contribution in [0.25, 0.3) is 0 Å². The molecule has 1 aromatic rings. The van der Waals surface area contributed by atoms with Gasteiger partial charge in [0.25, 0.3) is 0 Å². The summed E-state index contributed by atoms with van der Waals surface area (Å²) in [4.78, 5) is 21.5. The number of benzene rings is 1. The Hall–Kier alpha value is -1.64. The highest BCUT2D eigenvalue weighted by atomic mass is 16.4. The largest absolute Gasteiger partial charge is 0.478 e. The Kier molecular flexibility index (Phi) is 4.23. The van der Waals surface area contributed by atoms with Gasteiger partial charge < -0.3 is 9.90 Å². The minimum atomic E-state index is -0.896. The van der Waals surface area contributed by atoms with Crippen molar-refractivity contribution in [2.45, 2.75) is 26.7 Å². The Morgan fingerprint density at radius 1 is 1.50 bits per heavy atom. The summed E-state index contributed by atoms with van der Waals surface area (Å²) < 4.78 is 0. The summed E-state index contributed by atoms with van der Waals surface area (Å²) in [6.45, 7) is 3.78. The van der Waals surface area contributed by atoms with Crippen LogP contribution in [-0.4, -0.2) is 17.4 Å². The number of carbonyl (C=O) groups excluding carboxylic acids is 1. The highest BCUT2D eigenvalue weighted by Gasteiger charge is 2.10. The first kappa shape index (κ1) is 12.4. The monoisotopic (exact) mass is 220 g/mol. The standard InChI is InChI=1S/C13H16O3/c1-3-11-7-10(6-9(2)8-14)4-5-12(11)13(15)16/h4-5,7-9H,3,6H2,1-2H3,(H,15,16). The van der Waals surface area contributed by atoms with Crippen LogP contribution in [0.2, 0.25) is 0 Å². The van der Waals surface area contributed by atoms with E-state index in [-0.39, 0.29) is 5.92 Å². The van der Waals surface area contributed by atoms with E-state index in [0.717, 1.165) is 17.4 Å². The van der Waals surface area contributed by atoms with Gasteiger partial charge in [-0.2, -0.15) is 0 Å². The van der Waals surface area contributed by atoms with E-state index in [2.05, 4.69) is 0 Å². The molecular formula is C13H16O3. The molecule has 0 saturated carbocycles. The topological polar surface area (TPSA) is 54.4 Å².